The Bertz CT molecular complexity index is 1070. The molecule has 1 aliphatic carbocycles. The molecule has 0 heterocycles. The molecule has 3 N–H and O–H groups in total. The van der Waals surface area contributed by atoms with Crippen LogP contribution < -0.4 is 11.1 Å². The van der Waals surface area contributed by atoms with E-state index in [-0.39, 0.29) is 12.0 Å². The fourth-order valence-electron chi connectivity index (χ4n) is 4.38. The van der Waals surface area contributed by atoms with Crippen LogP contribution in [0.5, 0.6) is 0 Å². The fourth-order valence-corrected chi connectivity index (χ4v) is 4.38. The van der Waals surface area contributed by atoms with Gasteiger partial charge < -0.3 is 15.8 Å². The molecule has 4 nitrogen and oxygen atoms in total. The van der Waals surface area contributed by atoms with E-state index in [0.717, 1.165) is 23.2 Å². The van der Waals surface area contributed by atoms with Gasteiger partial charge in [-0.05, 0) is 71.3 Å². The van der Waals surface area contributed by atoms with Crippen LogP contribution in [0.3, 0.4) is 0 Å². The lowest BCUT2D eigenvalue weighted by molar-refractivity contribution is 0.143. The van der Waals surface area contributed by atoms with Crippen LogP contribution in [0.1, 0.15) is 40.2 Å². The molecule has 0 bridgehead atoms. The lowest BCUT2D eigenvalue weighted by Crippen LogP contribution is -2.26. The first-order chi connectivity index (χ1) is 15.0. The number of aryl methyl sites for hydroxylation is 2. The lowest BCUT2D eigenvalue weighted by atomic mass is 9.98. The summed E-state index contributed by atoms with van der Waals surface area (Å²) in [6.45, 7) is 4.97. The van der Waals surface area contributed by atoms with E-state index in [4.69, 9.17) is 10.5 Å². The summed E-state index contributed by atoms with van der Waals surface area (Å²) in [5.41, 5.74) is 15.0. The molecule has 0 radical (unpaired) electrons. The molecule has 3 aromatic rings. The molecule has 3 aromatic carbocycles. The van der Waals surface area contributed by atoms with Crippen molar-refractivity contribution in [1.29, 1.82) is 0 Å². The van der Waals surface area contributed by atoms with Gasteiger partial charge in [-0.25, -0.2) is 4.79 Å². The number of carbonyl (C=O) groups is 1. The Balaban J connectivity index is 1.29. The number of hydrogen-bond donors (Lipinski definition) is 2. The summed E-state index contributed by atoms with van der Waals surface area (Å²) >= 11 is 0. The number of ether oxygens (including phenoxy) is 1. The number of nitrogens with one attached hydrogen (secondary N) is 1. The normalized spacial score (nSPS) is 12.6. The van der Waals surface area contributed by atoms with Crippen LogP contribution in [0.25, 0.3) is 17.2 Å². The topological polar surface area (TPSA) is 64.3 Å². The number of nitrogen functional groups attached to an aromatic ring is 1. The number of carbonyl (C=O) groups excluding carboxylic acids is 1. The largest absolute Gasteiger partial charge is 0.449 e. The fraction of sp³-hybridized carbons (Fsp3) is 0.222. The molecular weight excluding hydrogens is 384 g/mol. The molecule has 4 heteroatoms. The zero-order chi connectivity index (χ0) is 21.8. The van der Waals surface area contributed by atoms with Gasteiger partial charge in [-0.2, -0.15) is 0 Å². The summed E-state index contributed by atoms with van der Waals surface area (Å²) in [4.78, 5) is 12.2. The predicted octanol–water partition coefficient (Wildman–Crippen LogP) is 5.83. The highest BCUT2D eigenvalue weighted by molar-refractivity contribution is 5.79. The van der Waals surface area contributed by atoms with E-state index >= 15 is 0 Å². The van der Waals surface area contributed by atoms with E-state index in [1.54, 1.807) is 0 Å². The van der Waals surface area contributed by atoms with E-state index in [2.05, 4.69) is 55.6 Å². The maximum absolute atomic E-state index is 12.2. The molecule has 0 spiro atoms. The highest BCUT2D eigenvalue weighted by atomic mass is 16.5. The Morgan fingerprint density at radius 2 is 1.58 bits per heavy atom. The number of rotatable bonds is 6. The van der Waals surface area contributed by atoms with Gasteiger partial charge in [-0.3, -0.25) is 0 Å². The quantitative estimate of drug-likeness (QED) is 0.396. The van der Waals surface area contributed by atoms with Crippen molar-refractivity contribution in [3.63, 3.8) is 0 Å². The van der Waals surface area contributed by atoms with Gasteiger partial charge in [0.15, 0.2) is 0 Å². The number of hydrogen-bond acceptors (Lipinski definition) is 3. The third-order valence-corrected chi connectivity index (χ3v) is 5.82. The first-order valence-electron chi connectivity index (χ1n) is 10.7. The first-order valence-corrected chi connectivity index (χ1v) is 10.7. The average Bonchev–Trinajstić information content (AvgIpc) is 3.07. The van der Waals surface area contributed by atoms with Crippen molar-refractivity contribution in [3.05, 3.63) is 94.6 Å². The summed E-state index contributed by atoms with van der Waals surface area (Å²) in [5.74, 6) is 0.0783. The summed E-state index contributed by atoms with van der Waals surface area (Å²) in [7, 11) is 0. The predicted molar refractivity (Wildman–Crippen MR) is 127 cm³/mol. The number of alkyl carbamates (subject to hydrolysis) is 1. The zero-order valence-corrected chi connectivity index (χ0v) is 18.0. The number of amides is 1. The smallest absolute Gasteiger partial charge is 0.407 e. The van der Waals surface area contributed by atoms with Gasteiger partial charge in [0.2, 0.25) is 0 Å². The minimum atomic E-state index is -0.380. The molecule has 1 amide bonds. The Morgan fingerprint density at radius 3 is 2.19 bits per heavy atom. The molecule has 0 saturated carbocycles. The molecule has 0 unspecified atom stereocenters. The van der Waals surface area contributed by atoms with Crippen molar-refractivity contribution in [2.45, 2.75) is 26.2 Å². The van der Waals surface area contributed by atoms with Crippen LogP contribution in [0, 0.1) is 13.8 Å². The number of benzene rings is 3. The van der Waals surface area contributed by atoms with E-state index in [9.17, 15) is 4.79 Å². The summed E-state index contributed by atoms with van der Waals surface area (Å²) in [6, 6.07) is 20.6. The van der Waals surface area contributed by atoms with Gasteiger partial charge in [-0.1, -0.05) is 60.7 Å². The van der Waals surface area contributed by atoms with Gasteiger partial charge in [0.25, 0.3) is 0 Å². The second-order valence-electron chi connectivity index (χ2n) is 8.01. The number of fused-ring (bicyclic) bond motifs is 3. The third kappa shape index (κ3) is 4.48. The van der Waals surface area contributed by atoms with Crippen molar-refractivity contribution < 1.29 is 9.53 Å². The molecule has 0 fully saturated rings. The summed E-state index contributed by atoms with van der Waals surface area (Å²) < 4.78 is 5.57. The van der Waals surface area contributed by atoms with E-state index in [0.29, 0.717) is 13.2 Å². The highest BCUT2D eigenvalue weighted by Gasteiger charge is 2.28. The van der Waals surface area contributed by atoms with Gasteiger partial charge in [-0.15, -0.1) is 0 Å². The SMILES string of the molecule is Cc1cc(N)cc(C)c1C=CCCNC(=O)OCC1c2ccccc2-c2ccccc21. The van der Waals surface area contributed by atoms with E-state index < -0.39 is 0 Å². The zero-order valence-electron chi connectivity index (χ0n) is 18.0. The Morgan fingerprint density at radius 1 is 1.00 bits per heavy atom. The van der Waals surface area contributed by atoms with Gasteiger partial charge in [0, 0.05) is 18.2 Å². The van der Waals surface area contributed by atoms with Crippen LogP contribution in [-0.4, -0.2) is 19.2 Å². The third-order valence-electron chi connectivity index (χ3n) is 5.82. The molecular formula is C27H28N2O2. The molecule has 0 saturated heterocycles. The van der Waals surface area contributed by atoms with Gasteiger partial charge >= 0.3 is 6.09 Å². The van der Waals surface area contributed by atoms with Gasteiger partial charge in [0.05, 0.1) is 0 Å². The standard InChI is InChI=1S/C27H28N2O2/c1-18-15-20(28)16-19(2)21(18)9-7-8-14-29-27(30)31-17-26-24-12-5-3-10-22(24)23-11-4-6-13-25(23)26/h3-7,9-13,15-16,26H,8,14,17,28H2,1-2H3,(H,29,30). The van der Waals surface area contributed by atoms with Crippen molar-refractivity contribution in [2.75, 3.05) is 18.9 Å². The molecule has 0 aromatic heterocycles. The highest BCUT2D eigenvalue weighted by Crippen LogP contribution is 2.44. The molecule has 1 aliphatic rings. The summed E-state index contributed by atoms with van der Waals surface area (Å²) in [6.07, 6.45) is 4.50. The van der Waals surface area contributed by atoms with Crippen molar-refractivity contribution in [3.8, 4) is 11.1 Å². The molecule has 4 rings (SSSR count). The number of anilines is 1. The van der Waals surface area contributed by atoms with Crippen molar-refractivity contribution >= 4 is 17.9 Å². The number of nitrogens with two attached hydrogens (primary N) is 1. The van der Waals surface area contributed by atoms with Gasteiger partial charge in [0.1, 0.15) is 6.61 Å². The van der Waals surface area contributed by atoms with E-state index in [1.807, 2.05) is 36.4 Å². The van der Waals surface area contributed by atoms with Crippen LogP contribution >= 0.6 is 0 Å². The van der Waals surface area contributed by atoms with Crippen LogP contribution in [0.2, 0.25) is 0 Å². The first kappa shape index (κ1) is 20.7. The van der Waals surface area contributed by atoms with Crippen molar-refractivity contribution in [1.82, 2.24) is 5.32 Å². The van der Waals surface area contributed by atoms with Crippen LogP contribution in [0.4, 0.5) is 10.5 Å². The maximum Gasteiger partial charge on any atom is 0.407 e. The Kier molecular flexibility index (Phi) is 6.08. The Hall–Kier alpha value is -3.53. The minimum Gasteiger partial charge on any atom is -0.449 e. The molecule has 158 valence electrons. The maximum atomic E-state index is 12.2. The monoisotopic (exact) mass is 412 g/mol. The second kappa shape index (κ2) is 9.09. The molecule has 0 atom stereocenters. The second-order valence-corrected chi connectivity index (χ2v) is 8.01. The lowest BCUT2D eigenvalue weighted by Gasteiger charge is -2.14. The Labute approximate surface area is 183 Å². The van der Waals surface area contributed by atoms with E-state index in [1.165, 1.54) is 27.8 Å². The summed E-state index contributed by atoms with van der Waals surface area (Å²) in [5, 5.41) is 2.85. The average molecular weight is 413 g/mol. The molecule has 31 heavy (non-hydrogen) atoms. The molecule has 0 aliphatic heterocycles. The van der Waals surface area contributed by atoms with Crippen LogP contribution in [-0.2, 0) is 4.74 Å². The van der Waals surface area contributed by atoms with Crippen LogP contribution in [0.15, 0.2) is 66.7 Å². The minimum absolute atomic E-state index is 0.0783. The van der Waals surface area contributed by atoms with Crippen molar-refractivity contribution in [2.24, 2.45) is 0 Å².